The quantitative estimate of drug-likeness (QED) is 0.267. The van der Waals surface area contributed by atoms with Crippen molar-refractivity contribution in [1.29, 1.82) is 0 Å². The second kappa shape index (κ2) is 12.1. The van der Waals surface area contributed by atoms with Crippen molar-refractivity contribution in [2.75, 3.05) is 19.7 Å². The monoisotopic (exact) mass is 413 g/mol. The van der Waals surface area contributed by atoms with Gasteiger partial charge in [0.05, 0.1) is 0 Å². The highest BCUT2D eigenvalue weighted by Gasteiger charge is 2.13. The Morgan fingerprint density at radius 3 is 2.00 bits per heavy atom. The van der Waals surface area contributed by atoms with Gasteiger partial charge >= 0.3 is 0 Å². The zero-order valence-corrected chi connectivity index (χ0v) is 19.2. The molecule has 0 aliphatic heterocycles. The van der Waals surface area contributed by atoms with Crippen LogP contribution in [0.4, 0.5) is 0 Å². The molecule has 3 rings (SSSR count). The van der Waals surface area contributed by atoms with E-state index in [1.54, 1.807) is 0 Å². The Balaban J connectivity index is 1.86. The minimum absolute atomic E-state index is 0.688. The van der Waals surface area contributed by atoms with E-state index in [1.165, 1.54) is 46.2 Å². The largest absolute Gasteiger partial charge is 0.492 e. The van der Waals surface area contributed by atoms with Gasteiger partial charge in [-0.3, -0.25) is 0 Å². The third kappa shape index (κ3) is 6.57. The van der Waals surface area contributed by atoms with Gasteiger partial charge < -0.3 is 10.1 Å². The number of hydrogen-bond acceptors (Lipinski definition) is 2. The SMILES string of the molecule is CCCCNCCOc1ccc(/C(=C(/CC)c2ccccc2)c2ccc(C)cc2)cc1. The molecule has 0 heterocycles. The average Bonchev–Trinajstić information content (AvgIpc) is 2.81. The molecule has 0 atom stereocenters. The molecule has 0 radical (unpaired) electrons. The van der Waals surface area contributed by atoms with Gasteiger partial charge in [-0.15, -0.1) is 0 Å². The first-order chi connectivity index (χ1) is 15.2. The molecule has 0 fully saturated rings. The first-order valence-electron chi connectivity index (χ1n) is 11.5. The molecule has 0 aliphatic rings. The van der Waals surface area contributed by atoms with Gasteiger partial charge in [0.15, 0.2) is 0 Å². The second-order valence-corrected chi connectivity index (χ2v) is 7.92. The van der Waals surface area contributed by atoms with Crippen LogP contribution >= 0.6 is 0 Å². The van der Waals surface area contributed by atoms with Gasteiger partial charge in [-0.2, -0.15) is 0 Å². The first kappa shape index (κ1) is 22.8. The summed E-state index contributed by atoms with van der Waals surface area (Å²) >= 11 is 0. The fourth-order valence-electron chi connectivity index (χ4n) is 3.79. The van der Waals surface area contributed by atoms with E-state index in [0.29, 0.717) is 6.61 Å². The van der Waals surface area contributed by atoms with E-state index in [4.69, 9.17) is 4.74 Å². The Kier molecular flexibility index (Phi) is 8.93. The molecule has 0 aliphatic carbocycles. The topological polar surface area (TPSA) is 21.3 Å². The normalized spacial score (nSPS) is 11.8. The number of rotatable bonds is 11. The van der Waals surface area contributed by atoms with Gasteiger partial charge in [-0.1, -0.05) is 92.6 Å². The summed E-state index contributed by atoms with van der Waals surface area (Å²) in [6, 6.07) is 28.1. The minimum Gasteiger partial charge on any atom is -0.492 e. The van der Waals surface area contributed by atoms with Gasteiger partial charge in [0.25, 0.3) is 0 Å². The van der Waals surface area contributed by atoms with Crippen molar-refractivity contribution >= 4 is 11.1 Å². The third-order valence-corrected chi connectivity index (χ3v) is 5.52. The summed E-state index contributed by atoms with van der Waals surface area (Å²) in [5, 5.41) is 3.42. The number of ether oxygens (including phenoxy) is 1. The summed E-state index contributed by atoms with van der Waals surface area (Å²) in [4.78, 5) is 0. The van der Waals surface area contributed by atoms with Crippen molar-refractivity contribution in [3.63, 3.8) is 0 Å². The molecule has 0 bridgehead atoms. The van der Waals surface area contributed by atoms with Gasteiger partial charge in [0.2, 0.25) is 0 Å². The minimum atomic E-state index is 0.688. The number of benzene rings is 3. The maximum Gasteiger partial charge on any atom is 0.119 e. The fraction of sp³-hybridized carbons (Fsp3) is 0.310. The number of nitrogens with one attached hydrogen (secondary N) is 1. The molecule has 0 saturated heterocycles. The predicted octanol–water partition coefficient (Wildman–Crippen LogP) is 7.13. The smallest absolute Gasteiger partial charge is 0.119 e. The van der Waals surface area contributed by atoms with Crippen LogP contribution in [0.15, 0.2) is 78.9 Å². The van der Waals surface area contributed by atoms with Crippen LogP contribution in [0.5, 0.6) is 5.75 Å². The Morgan fingerprint density at radius 1 is 0.742 bits per heavy atom. The van der Waals surface area contributed by atoms with Crippen LogP contribution < -0.4 is 10.1 Å². The van der Waals surface area contributed by atoms with E-state index in [0.717, 1.165) is 25.3 Å². The maximum atomic E-state index is 5.94. The molecule has 0 aromatic heterocycles. The fourth-order valence-corrected chi connectivity index (χ4v) is 3.79. The van der Waals surface area contributed by atoms with Crippen molar-refractivity contribution in [3.8, 4) is 5.75 Å². The molecule has 3 aromatic rings. The summed E-state index contributed by atoms with van der Waals surface area (Å²) in [5.41, 5.74) is 7.68. The Labute approximate surface area is 188 Å². The van der Waals surface area contributed by atoms with Crippen LogP contribution in [0.2, 0.25) is 0 Å². The Morgan fingerprint density at radius 2 is 1.39 bits per heavy atom. The van der Waals surface area contributed by atoms with Crippen LogP contribution in [-0.4, -0.2) is 19.7 Å². The maximum absolute atomic E-state index is 5.94. The summed E-state index contributed by atoms with van der Waals surface area (Å²) in [5.74, 6) is 0.919. The highest BCUT2D eigenvalue weighted by atomic mass is 16.5. The van der Waals surface area contributed by atoms with Gasteiger partial charge in [-0.05, 0) is 66.3 Å². The van der Waals surface area contributed by atoms with Crippen LogP contribution in [-0.2, 0) is 0 Å². The lowest BCUT2D eigenvalue weighted by atomic mass is 9.88. The lowest BCUT2D eigenvalue weighted by molar-refractivity contribution is 0.314. The lowest BCUT2D eigenvalue weighted by Crippen LogP contribution is -2.21. The molecule has 2 heteroatoms. The number of unbranched alkanes of at least 4 members (excludes halogenated alkanes) is 1. The molecule has 0 saturated carbocycles. The summed E-state index contributed by atoms with van der Waals surface area (Å²) in [6.45, 7) is 9.20. The average molecular weight is 414 g/mol. The van der Waals surface area contributed by atoms with E-state index in [9.17, 15) is 0 Å². The zero-order valence-electron chi connectivity index (χ0n) is 19.2. The molecule has 3 aromatic carbocycles. The van der Waals surface area contributed by atoms with Crippen LogP contribution in [0.25, 0.3) is 11.1 Å². The van der Waals surface area contributed by atoms with Gasteiger partial charge in [-0.25, -0.2) is 0 Å². The van der Waals surface area contributed by atoms with Crippen molar-refractivity contribution in [2.24, 2.45) is 0 Å². The standard InChI is InChI=1S/C29H35NO/c1-4-6-20-30-21-22-31-27-18-16-26(17-19-27)29(25-14-12-23(3)13-15-25)28(5-2)24-10-8-7-9-11-24/h7-19,30H,4-6,20-22H2,1-3H3/b29-28-. The van der Waals surface area contributed by atoms with E-state index < -0.39 is 0 Å². The summed E-state index contributed by atoms with van der Waals surface area (Å²) in [7, 11) is 0. The number of hydrogen-bond donors (Lipinski definition) is 1. The van der Waals surface area contributed by atoms with Crippen LogP contribution in [0, 0.1) is 6.92 Å². The summed E-state index contributed by atoms with van der Waals surface area (Å²) < 4.78 is 5.94. The van der Waals surface area contributed by atoms with Crippen molar-refractivity contribution < 1.29 is 4.74 Å². The first-order valence-corrected chi connectivity index (χ1v) is 11.5. The molecule has 0 amide bonds. The Bertz CT molecular complexity index is 940. The molecule has 31 heavy (non-hydrogen) atoms. The molecule has 162 valence electrons. The molecular weight excluding hydrogens is 378 g/mol. The molecule has 0 spiro atoms. The number of allylic oxidation sites excluding steroid dienone is 1. The molecule has 2 nitrogen and oxygen atoms in total. The zero-order chi connectivity index (χ0) is 21.9. The number of aryl methyl sites for hydroxylation is 1. The molecular formula is C29H35NO. The Hall–Kier alpha value is -2.84. The van der Waals surface area contributed by atoms with E-state index >= 15 is 0 Å². The van der Waals surface area contributed by atoms with E-state index in [-0.39, 0.29) is 0 Å². The molecule has 0 unspecified atom stereocenters. The van der Waals surface area contributed by atoms with E-state index in [1.807, 2.05) is 0 Å². The highest BCUT2D eigenvalue weighted by Crippen LogP contribution is 2.35. The highest BCUT2D eigenvalue weighted by molar-refractivity contribution is 5.98. The summed E-state index contributed by atoms with van der Waals surface area (Å²) in [6.07, 6.45) is 3.40. The lowest BCUT2D eigenvalue weighted by Gasteiger charge is -2.17. The molecule has 1 N–H and O–H groups in total. The van der Waals surface area contributed by atoms with E-state index in [2.05, 4.69) is 105 Å². The van der Waals surface area contributed by atoms with Gasteiger partial charge in [0, 0.05) is 6.54 Å². The predicted molar refractivity (Wildman–Crippen MR) is 134 cm³/mol. The van der Waals surface area contributed by atoms with Crippen molar-refractivity contribution in [2.45, 2.75) is 40.0 Å². The third-order valence-electron chi connectivity index (χ3n) is 5.52. The van der Waals surface area contributed by atoms with Crippen molar-refractivity contribution in [3.05, 3.63) is 101 Å². The second-order valence-electron chi connectivity index (χ2n) is 7.92. The van der Waals surface area contributed by atoms with Crippen LogP contribution in [0.3, 0.4) is 0 Å². The van der Waals surface area contributed by atoms with Crippen molar-refractivity contribution in [1.82, 2.24) is 5.32 Å². The van der Waals surface area contributed by atoms with Gasteiger partial charge in [0.1, 0.15) is 12.4 Å². The van der Waals surface area contributed by atoms with Crippen LogP contribution in [0.1, 0.15) is 55.4 Å².